The Balaban J connectivity index is 1.71. The molecule has 0 aromatic heterocycles. The zero-order chi connectivity index (χ0) is 18.5. The van der Waals surface area contributed by atoms with Crippen LogP contribution in [0.15, 0.2) is 72.8 Å². The van der Waals surface area contributed by atoms with Gasteiger partial charge in [0.25, 0.3) is 11.4 Å². The van der Waals surface area contributed by atoms with Gasteiger partial charge in [0, 0.05) is 30.3 Å². The van der Waals surface area contributed by atoms with Gasteiger partial charge in [0.05, 0.1) is 9.85 Å². The summed E-state index contributed by atoms with van der Waals surface area (Å²) in [6.07, 6.45) is 0. The lowest BCUT2D eigenvalue weighted by Crippen LogP contribution is -1.90. The molecule has 3 aromatic rings. The lowest BCUT2D eigenvalue weighted by atomic mass is 10.3. The molecule has 0 radical (unpaired) electrons. The third-order valence-corrected chi connectivity index (χ3v) is 3.37. The zero-order valence-electron chi connectivity index (χ0n) is 13.3. The Morgan fingerprint density at radius 1 is 0.577 bits per heavy atom. The van der Waals surface area contributed by atoms with Gasteiger partial charge in [-0.05, 0) is 36.4 Å². The van der Waals surface area contributed by atoms with Crippen LogP contribution in [0.5, 0.6) is 23.0 Å². The molecule has 130 valence electrons. The van der Waals surface area contributed by atoms with Crippen molar-refractivity contribution in [2.45, 2.75) is 0 Å². The lowest BCUT2D eigenvalue weighted by molar-refractivity contribution is -0.385. The maximum atomic E-state index is 10.7. The summed E-state index contributed by atoms with van der Waals surface area (Å²) in [7, 11) is 0. The molecule has 0 saturated carbocycles. The highest BCUT2D eigenvalue weighted by molar-refractivity contribution is 5.43. The minimum atomic E-state index is -0.484. The molecule has 0 atom stereocenters. The van der Waals surface area contributed by atoms with Crippen LogP contribution in [0.25, 0.3) is 0 Å². The Morgan fingerprint density at radius 3 is 1.31 bits per heavy atom. The Hall–Kier alpha value is -3.94. The number of non-ortho nitro benzene ring substituents is 2. The fraction of sp³-hybridized carbons (Fsp3) is 0. The fourth-order valence-corrected chi connectivity index (χ4v) is 2.15. The van der Waals surface area contributed by atoms with Crippen LogP contribution in [0.2, 0.25) is 0 Å². The number of ether oxygens (including phenoxy) is 2. The van der Waals surface area contributed by atoms with Crippen LogP contribution in [0, 0.1) is 20.2 Å². The topological polar surface area (TPSA) is 105 Å². The first-order valence-electron chi connectivity index (χ1n) is 7.46. The van der Waals surface area contributed by atoms with E-state index in [0.29, 0.717) is 23.0 Å². The molecule has 8 nitrogen and oxygen atoms in total. The normalized spacial score (nSPS) is 10.2. The Kier molecular flexibility index (Phi) is 4.75. The van der Waals surface area contributed by atoms with E-state index in [1.165, 1.54) is 48.5 Å². The van der Waals surface area contributed by atoms with Crippen LogP contribution < -0.4 is 9.47 Å². The maximum absolute atomic E-state index is 10.7. The largest absolute Gasteiger partial charge is 0.457 e. The molecule has 0 amide bonds. The van der Waals surface area contributed by atoms with E-state index in [1.54, 1.807) is 24.3 Å². The molecular formula is C18H12N2O6. The van der Waals surface area contributed by atoms with E-state index < -0.39 is 9.85 Å². The number of hydrogen-bond acceptors (Lipinski definition) is 6. The molecule has 0 bridgehead atoms. The van der Waals surface area contributed by atoms with Gasteiger partial charge in [0.2, 0.25) is 0 Å². The summed E-state index contributed by atoms with van der Waals surface area (Å²) in [6.45, 7) is 0. The van der Waals surface area contributed by atoms with Crippen LogP contribution in [0.3, 0.4) is 0 Å². The van der Waals surface area contributed by atoms with Crippen molar-refractivity contribution in [1.82, 2.24) is 0 Å². The number of nitrogens with zero attached hydrogens (tertiary/aromatic N) is 2. The van der Waals surface area contributed by atoms with Crippen molar-refractivity contribution in [3.05, 3.63) is 93.0 Å². The summed E-state index contributed by atoms with van der Waals surface area (Å²) in [5.41, 5.74) is -0.0415. The Labute approximate surface area is 147 Å². The predicted molar refractivity (Wildman–Crippen MR) is 92.8 cm³/mol. The SMILES string of the molecule is O=[N+]([O-])c1ccc(Oc2cccc(Oc3ccc([N+](=O)[O-])cc3)c2)cc1. The highest BCUT2D eigenvalue weighted by Crippen LogP contribution is 2.29. The first-order valence-corrected chi connectivity index (χ1v) is 7.46. The fourth-order valence-electron chi connectivity index (χ4n) is 2.15. The first kappa shape index (κ1) is 16.9. The van der Waals surface area contributed by atoms with E-state index in [4.69, 9.17) is 9.47 Å². The standard InChI is InChI=1S/C18H12N2O6/c21-19(22)13-4-8-15(9-5-13)25-17-2-1-3-18(12-17)26-16-10-6-14(7-11-16)20(23)24/h1-12H. The quantitative estimate of drug-likeness (QED) is 0.452. The van der Waals surface area contributed by atoms with Gasteiger partial charge < -0.3 is 9.47 Å². The number of rotatable bonds is 6. The summed E-state index contributed by atoms with van der Waals surface area (Å²) in [5.74, 6) is 1.86. The number of hydrogen-bond donors (Lipinski definition) is 0. The molecule has 0 fully saturated rings. The van der Waals surface area contributed by atoms with Crippen molar-refractivity contribution in [3.8, 4) is 23.0 Å². The van der Waals surface area contributed by atoms with Crippen LogP contribution in [-0.4, -0.2) is 9.85 Å². The summed E-state index contributed by atoms with van der Waals surface area (Å²) in [4.78, 5) is 20.3. The van der Waals surface area contributed by atoms with Crippen molar-refractivity contribution < 1.29 is 19.3 Å². The van der Waals surface area contributed by atoms with E-state index in [-0.39, 0.29) is 11.4 Å². The average Bonchev–Trinajstić information content (AvgIpc) is 2.63. The van der Waals surface area contributed by atoms with E-state index in [0.717, 1.165) is 0 Å². The van der Waals surface area contributed by atoms with Gasteiger partial charge >= 0.3 is 0 Å². The average molecular weight is 352 g/mol. The summed E-state index contributed by atoms with van der Waals surface area (Å²) in [6, 6.07) is 18.2. The van der Waals surface area contributed by atoms with E-state index in [9.17, 15) is 20.2 Å². The van der Waals surface area contributed by atoms with E-state index in [1.807, 2.05) is 0 Å². The smallest absolute Gasteiger partial charge is 0.269 e. The number of benzene rings is 3. The molecule has 0 aliphatic heterocycles. The van der Waals surface area contributed by atoms with Gasteiger partial charge in [-0.25, -0.2) is 0 Å². The first-order chi connectivity index (χ1) is 12.5. The molecule has 26 heavy (non-hydrogen) atoms. The van der Waals surface area contributed by atoms with Gasteiger partial charge in [0.1, 0.15) is 23.0 Å². The zero-order valence-corrected chi connectivity index (χ0v) is 13.3. The molecule has 0 unspecified atom stereocenters. The van der Waals surface area contributed by atoms with E-state index in [2.05, 4.69) is 0 Å². The molecule has 0 heterocycles. The van der Waals surface area contributed by atoms with Crippen LogP contribution in [-0.2, 0) is 0 Å². The number of nitro groups is 2. The molecule has 8 heteroatoms. The number of nitro benzene ring substituents is 2. The van der Waals surface area contributed by atoms with Crippen molar-refractivity contribution in [2.24, 2.45) is 0 Å². The predicted octanol–water partition coefficient (Wildman–Crippen LogP) is 5.09. The third kappa shape index (κ3) is 4.12. The monoisotopic (exact) mass is 352 g/mol. The third-order valence-electron chi connectivity index (χ3n) is 3.37. The Morgan fingerprint density at radius 2 is 0.962 bits per heavy atom. The van der Waals surface area contributed by atoms with Crippen LogP contribution in [0.1, 0.15) is 0 Å². The maximum Gasteiger partial charge on any atom is 0.269 e. The molecule has 0 N–H and O–H groups in total. The van der Waals surface area contributed by atoms with Gasteiger partial charge in [0.15, 0.2) is 0 Å². The van der Waals surface area contributed by atoms with Crippen LogP contribution in [0.4, 0.5) is 11.4 Å². The van der Waals surface area contributed by atoms with Crippen molar-refractivity contribution in [3.63, 3.8) is 0 Å². The van der Waals surface area contributed by atoms with E-state index >= 15 is 0 Å². The molecule has 0 aliphatic carbocycles. The van der Waals surface area contributed by atoms with Crippen LogP contribution >= 0.6 is 0 Å². The molecule has 0 spiro atoms. The van der Waals surface area contributed by atoms with Gasteiger partial charge in [-0.15, -0.1) is 0 Å². The molecule has 3 aromatic carbocycles. The lowest BCUT2D eigenvalue weighted by Gasteiger charge is -2.09. The Bertz CT molecular complexity index is 864. The minimum Gasteiger partial charge on any atom is -0.457 e. The second-order valence-corrected chi connectivity index (χ2v) is 5.18. The molecule has 0 saturated heterocycles. The molecule has 3 rings (SSSR count). The van der Waals surface area contributed by atoms with Gasteiger partial charge in [-0.1, -0.05) is 6.07 Å². The van der Waals surface area contributed by atoms with Crippen molar-refractivity contribution >= 4 is 11.4 Å². The highest BCUT2D eigenvalue weighted by Gasteiger charge is 2.07. The summed E-state index contributed by atoms with van der Waals surface area (Å²) in [5, 5.41) is 21.3. The van der Waals surface area contributed by atoms with Gasteiger partial charge in [-0.2, -0.15) is 0 Å². The molecule has 0 aliphatic rings. The summed E-state index contributed by atoms with van der Waals surface area (Å²) >= 11 is 0. The minimum absolute atomic E-state index is 0.0207. The van der Waals surface area contributed by atoms with Crippen molar-refractivity contribution in [2.75, 3.05) is 0 Å². The second kappa shape index (κ2) is 7.31. The highest BCUT2D eigenvalue weighted by atomic mass is 16.6. The van der Waals surface area contributed by atoms with Gasteiger partial charge in [-0.3, -0.25) is 20.2 Å². The summed E-state index contributed by atoms with van der Waals surface area (Å²) < 4.78 is 11.3. The molecular weight excluding hydrogens is 340 g/mol. The van der Waals surface area contributed by atoms with Crippen molar-refractivity contribution in [1.29, 1.82) is 0 Å². The second-order valence-electron chi connectivity index (χ2n) is 5.18.